The first-order chi connectivity index (χ1) is 4.88. The Morgan fingerprint density at radius 2 is 2.30 bits per heavy atom. The Labute approximate surface area is 66.1 Å². The van der Waals surface area contributed by atoms with Gasteiger partial charge in [-0.3, -0.25) is 4.90 Å². The van der Waals surface area contributed by atoms with Gasteiger partial charge in [-0.05, 0) is 6.42 Å². The minimum absolute atomic E-state index is 0.466. The average Bonchev–Trinajstić information content (AvgIpc) is 2.34. The molecule has 3 heteroatoms. The molecule has 2 atom stereocenters. The monoisotopic (exact) mass is 158 g/mol. The molecule has 0 aliphatic carbocycles. The topological polar surface area (TPSA) is 29.3 Å². The molecule has 2 nitrogen and oxygen atoms in total. The summed E-state index contributed by atoms with van der Waals surface area (Å²) in [6.45, 7) is 2.51. The van der Waals surface area contributed by atoms with Crippen LogP contribution in [0.1, 0.15) is 6.42 Å². The predicted molar refractivity (Wildman–Crippen MR) is 45.3 cm³/mol. The quantitative estimate of drug-likeness (QED) is 0.543. The van der Waals surface area contributed by atoms with E-state index in [1.807, 2.05) is 0 Å². The summed E-state index contributed by atoms with van der Waals surface area (Å²) in [5, 5.41) is 0. The number of hydrogen-bond donors (Lipinski definition) is 1. The van der Waals surface area contributed by atoms with E-state index in [-0.39, 0.29) is 0 Å². The second kappa shape index (κ2) is 2.72. The number of fused-ring (bicyclic) bond motifs is 1. The molecule has 2 aliphatic heterocycles. The summed E-state index contributed by atoms with van der Waals surface area (Å²) in [6, 6.07) is 1.17. The third-order valence-corrected chi connectivity index (χ3v) is 3.57. The summed E-state index contributed by atoms with van der Waals surface area (Å²) in [5.41, 5.74) is 5.93. The van der Waals surface area contributed by atoms with Crippen LogP contribution in [-0.2, 0) is 0 Å². The maximum Gasteiger partial charge on any atom is 0.0338 e. The van der Waals surface area contributed by atoms with Crippen molar-refractivity contribution < 1.29 is 0 Å². The van der Waals surface area contributed by atoms with E-state index < -0.39 is 0 Å². The fourth-order valence-corrected chi connectivity index (χ4v) is 3.07. The molecule has 0 saturated carbocycles. The molecule has 0 amide bonds. The van der Waals surface area contributed by atoms with Crippen molar-refractivity contribution in [1.82, 2.24) is 4.90 Å². The Morgan fingerprint density at radius 1 is 1.40 bits per heavy atom. The molecular weight excluding hydrogens is 144 g/mol. The van der Waals surface area contributed by atoms with Crippen LogP contribution in [0.5, 0.6) is 0 Å². The standard InChI is InChI=1S/C7H14N2S/c8-6-1-2-9-3-4-10-5-7(6)9/h6-7H,1-5,8H2. The van der Waals surface area contributed by atoms with Crippen LogP contribution in [0.3, 0.4) is 0 Å². The Kier molecular flexibility index (Phi) is 1.89. The SMILES string of the molecule is NC1CCN2CCSCC12. The van der Waals surface area contributed by atoms with Crippen LogP contribution in [0.25, 0.3) is 0 Å². The molecule has 58 valence electrons. The Hall–Kier alpha value is 0.270. The van der Waals surface area contributed by atoms with Crippen molar-refractivity contribution in [2.24, 2.45) is 5.73 Å². The van der Waals surface area contributed by atoms with Gasteiger partial charge in [-0.1, -0.05) is 0 Å². The largest absolute Gasteiger partial charge is 0.326 e. The lowest BCUT2D eigenvalue weighted by molar-refractivity contribution is 0.273. The molecule has 10 heavy (non-hydrogen) atoms. The van der Waals surface area contributed by atoms with Crippen LogP contribution in [0.15, 0.2) is 0 Å². The molecule has 2 saturated heterocycles. The van der Waals surface area contributed by atoms with Crippen molar-refractivity contribution in [3.63, 3.8) is 0 Å². The summed E-state index contributed by atoms with van der Waals surface area (Å²) in [4.78, 5) is 2.54. The summed E-state index contributed by atoms with van der Waals surface area (Å²) in [6.07, 6.45) is 1.21. The van der Waals surface area contributed by atoms with Crippen LogP contribution in [0.2, 0.25) is 0 Å². The lowest BCUT2D eigenvalue weighted by atomic mass is 10.1. The molecule has 0 aromatic rings. The molecule has 2 fully saturated rings. The van der Waals surface area contributed by atoms with Crippen molar-refractivity contribution in [2.45, 2.75) is 18.5 Å². The molecule has 0 radical (unpaired) electrons. The molecule has 2 unspecified atom stereocenters. The van der Waals surface area contributed by atoms with Gasteiger partial charge in [0, 0.05) is 36.7 Å². The van der Waals surface area contributed by atoms with Crippen molar-refractivity contribution >= 4 is 11.8 Å². The second-order valence-electron chi connectivity index (χ2n) is 3.13. The van der Waals surface area contributed by atoms with E-state index in [4.69, 9.17) is 5.73 Å². The third kappa shape index (κ3) is 1.06. The number of thioether (sulfide) groups is 1. The van der Waals surface area contributed by atoms with E-state index in [0.717, 1.165) is 0 Å². The molecule has 0 bridgehead atoms. The van der Waals surface area contributed by atoms with Gasteiger partial charge in [-0.25, -0.2) is 0 Å². The van der Waals surface area contributed by atoms with Crippen LogP contribution >= 0.6 is 11.8 Å². The van der Waals surface area contributed by atoms with Gasteiger partial charge in [0.25, 0.3) is 0 Å². The Bertz CT molecular complexity index is 127. The van der Waals surface area contributed by atoms with Gasteiger partial charge in [0.15, 0.2) is 0 Å². The van der Waals surface area contributed by atoms with Crippen molar-refractivity contribution in [2.75, 3.05) is 24.6 Å². The highest BCUT2D eigenvalue weighted by atomic mass is 32.2. The molecule has 2 heterocycles. The number of nitrogens with two attached hydrogens (primary N) is 1. The van der Waals surface area contributed by atoms with Gasteiger partial charge in [0.2, 0.25) is 0 Å². The van der Waals surface area contributed by atoms with Gasteiger partial charge in [-0.15, -0.1) is 0 Å². The Balaban J connectivity index is 2.01. The van der Waals surface area contributed by atoms with Gasteiger partial charge in [-0.2, -0.15) is 11.8 Å². The molecule has 0 spiro atoms. The van der Waals surface area contributed by atoms with E-state index >= 15 is 0 Å². The fraction of sp³-hybridized carbons (Fsp3) is 1.00. The summed E-state index contributed by atoms with van der Waals surface area (Å²) < 4.78 is 0. The minimum atomic E-state index is 0.466. The van der Waals surface area contributed by atoms with Gasteiger partial charge in [0.1, 0.15) is 0 Å². The van der Waals surface area contributed by atoms with Crippen LogP contribution in [0.4, 0.5) is 0 Å². The summed E-state index contributed by atoms with van der Waals surface area (Å²) in [5.74, 6) is 2.57. The van der Waals surface area contributed by atoms with Gasteiger partial charge >= 0.3 is 0 Å². The zero-order valence-electron chi connectivity index (χ0n) is 6.12. The zero-order chi connectivity index (χ0) is 6.97. The lowest BCUT2D eigenvalue weighted by Crippen LogP contribution is -2.44. The van der Waals surface area contributed by atoms with E-state index in [9.17, 15) is 0 Å². The van der Waals surface area contributed by atoms with Crippen LogP contribution in [0, 0.1) is 0 Å². The second-order valence-corrected chi connectivity index (χ2v) is 4.28. The first-order valence-corrected chi connectivity index (χ1v) is 5.11. The van der Waals surface area contributed by atoms with E-state index in [1.54, 1.807) is 0 Å². The highest BCUT2D eigenvalue weighted by Crippen LogP contribution is 2.24. The van der Waals surface area contributed by atoms with E-state index in [2.05, 4.69) is 16.7 Å². The third-order valence-electron chi connectivity index (χ3n) is 2.52. The number of rotatable bonds is 0. The highest BCUT2D eigenvalue weighted by molar-refractivity contribution is 7.99. The normalized spacial score (nSPS) is 41.7. The van der Waals surface area contributed by atoms with E-state index in [0.29, 0.717) is 12.1 Å². The summed E-state index contributed by atoms with van der Waals surface area (Å²) >= 11 is 2.05. The molecule has 0 aromatic heterocycles. The number of nitrogens with zero attached hydrogens (tertiary/aromatic N) is 1. The molecule has 2 rings (SSSR count). The van der Waals surface area contributed by atoms with Crippen LogP contribution in [-0.4, -0.2) is 41.6 Å². The first kappa shape index (κ1) is 6.95. The van der Waals surface area contributed by atoms with Crippen LogP contribution < -0.4 is 5.73 Å². The molecule has 0 aromatic carbocycles. The lowest BCUT2D eigenvalue weighted by Gasteiger charge is -2.30. The zero-order valence-corrected chi connectivity index (χ0v) is 6.94. The maximum absolute atomic E-state index is 5.93. The van der Waals surface area contributed by atoms with Crippen molar-refractivity contribution in [3.8, 4) is 0 Å². The van der Waals surface area contributed by atoms with Gasteiger partial charge in [0.05, 0.1) is 0 Å². The average molecular weight is 158 g/mol. The summed E-state index contributed by atoms with van der Waals surface area (Å²) in [7, 11) is 0. The first-order valence-electron chi connectivity index (χ1n) is 3.95. The highest BCUT2D eigenvalue weighted by Gasteiger charge is 2.33. The number of hydrogen-bond acceptors (Lipinski definition) is 3. The smallest absolute Gasteiger partial charge is 0.0338 e. The Morgan fingerprint density at radius 3 is 3.10 bits per heavy atom. The molecular formula is C7H14N2S. The minimum Gasteiger partial charge on any atom is -0.326 e. The molecule has 2 aliphatic rings. The van der Waals surface area contributed by atoms with Crippen molar-refractivity contribution in [3.05, 3.63) is 0 Å². The fourth-order valence-electron chi connectivity index (χ4n) is 1.84. The predicted octanol–water partition coefficient (Wildman–Crippen LogP) is 0.135. The maximum atomic E-state index is 5.93. The van der Waals surface area contributed by atoms with Crippen molar-refractivity contribution in [1.29, 1.82) is 0 Å². The van der Waals surface area contributed by atoms with Gasteiger partial charge < -0.3 is 5.73 Å². The molecule has 2 N–H and O–H groups in total. The van der Waals surface area contributed by atoms with E-state index in [1.165, 1.54) is 31.0 Å².